The summed E-state index contributed by atoms with van der Waals surface area (Å²) < 4.78 is 8.80. The Hall–Kier alpha value is -5.64. The number of aryl methyl sites for hydroxylation is 1. The molecule has 1 aliphatic heterocycles. The molecule has 0 aliphatic carbocycles. The topological polar surface area (TPSA) is 33.5 Å². The third kappa shape index (κ3) is 10.1. The fourth-order valence-electron chi connectivity index (χ4n) is 9.25. The molecule has 0 spiro atoms. The van der Waals surface area contributed by atoms with Crippen molar-refractivity contribution in [3.8, 4) is 28.4 Å². The Labute approximate surface area is 420 Å². The monoisotopic (exact) mass is 1080 g/mol. The van der Waals surface area contributed by atoms with Crippen LogP contribution >= 0.6 is 0 Å². The average molecular weight is 1080 g/mol. The van der Waals surface area contributed by atoms with E-state index in [1.165, 1.54) is 44.6 Å². The molecule has 0 atom stereocenters. The van der Waals surface area contributed by atoms with Gasteiger partial charge in [0.15, 0.2) is 0 Å². The molecule has 1 aliphatic rings. The Morgan fingerprint density at radius 2 is 1.21 bits per heavy atom. The summed E-state index contributed by atoms with van der Waals surface area (Å²) in [4.78, 5) is 9.48. The molecular formula is C62H67N4OPt-3. The van der Waals surface area contributed by atoms with Crippen LogP contribution in [-0.2, 0) is 49.1 Å². The second-order valence-electron chi connectivity index (χ2n) is 22.6. The summed E-state index contributed by atoms with van der Waals surface area (Å²) in [5.74, 6) is 2.12. The van der Waals surface area contributed by atoms with Crippen molar-refractivity contribution in [1.29, 1.82) is 0 Å². The zero-order valence-corrected chi connectivity index (χ0v) is 44.4. The van der Waals surface area contributed by atoms with E-state index in [9.17, 15) is 0 Å². The van der Waals surface area contributed by atoms with Crippen LogP contribution in [0.3, 0.4) is 0 Å². The second-order valence-corrected chi connectivity index (χ2v) is 22.6. The number of anilines is 3. The van der Waals surface area contributed by atoms with E-state index in [-0.39, 0.29) is 42.7 Å². The molecular weight excluding hydrogens is 1010 g/mol. The first-order chi connectivity index (χ1) is 31.7. The Balaban J connectivity index is 0.00000625. The van der Waals surface area contributed by atoms with Crippen molar-refractivity contribution in [2.45, 2.75) is 124 Å². The van der Waals surface area contributed by atoms with Crippen molar-refractivity contribution in [3.05, 3.63) is 180 Å². The molecule has 0 fully saturated rings. The number of nitrogens with zero attached hydrogens (tertiary/aromatic N) is 4. The number of fused-ring (bicyclic) bond motifs is 4. The van der Waals surface area contributed by atoms with Crippen LogP contribution in [-0.4, -0.2) is 16.1 Å². The first-order valence-electron chi connectivity index (χ1n) is 24.1. The van der Waals surface area contributed by atoms with Gasteiger partial charge < -0.3 is 19.1 Å². The zero-order valence-electron chi connectivity index (χ0n) is 42.1. The van der Waals surface area contributed by atoms with Gasteiger partial charge in [-0.05, 0) is 122 Å². The number of para-hydroxylation sites is 3. The Bertz CT molecular complexity index is 3060. The molecule has 3 heterocycles. The summed E-state index contributed by atoms with van der Waals surface area (Å²) in [6.07, 6.45) is 5.05. The van der Waals surface area contributed by atoms with Gasteiger partial charge in [-0.1, -0.05) is 155 Å². The fraction of sp³-hybridized carbons (Fsp3) is 0.323. The first-order valence-corrected chi connectivity index (χ1v) is 24.1. The third-order valence-corrected chi connectivity index (χ3v) is 13.4. The number of pyridine rings is 1. The number of hydrogen-bond donors (Lipinski definition) is 0. The molecule has 8 aromatic rings. The SMILES string of the molecule is CC(C)(C)c1cc(-c2cc(C(C)(C)C)ccc2CCCCN2[CH-]N(c3[c-]c(Oc4[c-]c5c(cc4)c4ccccc4n5-c4cc(C(C)(C)C)ccn4)ccc3)c3ccccc32)cc(C(C)(C)C)c1.[Pt]. The summed E-state index contributed by atoms with van der Waals surface area (Å²) >= 11 is 0. The van der Waals surface area contributed by atoms with Crippen LogP contribution in [0.5, 0.6) is 11.5 Å². The molecule has 0 amide bonds. The molecule has 6 heteroatoms. The maximum Gasteiger partial charge on any atom is 0.135 e. The van der Waals surface area contributed by atoms with Crippen molar-refractivity contribution in [3.63, 3.8) is 0 Å². The summed E-state index contributed by atoms with van der Waals surface area (Å²) in [7, 11) is 0. The van der Waals surface area contributed by atoms with E-state index in [2.05, 4.69) is 225 Å². The predicted molar refractivity (Wildman–Crippen MR) is 283 cm³/mol. The summed E-state index contributed by atoms with van der Waals surface area (Å²) in [6.45, 7) is 30.8. The Kier molecular flexibility index (Phi) is 13.4. The van der Waals surface area contributed by atoms with Crippen molar-refractivity contribution in [2.24, 2.45) is 0 Å². The summed E-state index contributed by atoms with van der Waals surface area (Å²) in [6, 6.07) is 53.5. The standard InChI is InChI=1S/C62H67N4O.Pt/c1-59(2,3)44-28-27-42(53(37-44)43-34-46(61(7,8)9)36-47(35-43)62(10,11)12)20-17-18-33-64-41-65(56-26-16-15-25-55(56)64)48-21-19-22-49(39-48)67-50-29-30-52-51-23-13-14-24-54(51)66(57(52)40-50)58-38-45(31-32-63-58)60(4,5)6;/h13-16,19,21-32,34-38,41H,17-18,20,33H2,1-12H3;/q-3;. The van der Waals surface area contributed by atoms with Crippen LogP contribution in [0.2, 0.25) is 0 Å². The molecule has 0 radical (unpaired) electrons. The van der Waals surface area contributed by atoms with Gasteiger partial charge in [0.2, 0.25) is 0 Å². The number of benzene rings is 6. The minimum absolute atomic E-state index is 0. The van der Waals surface area contributed by atoms with Gasteiger partial charge in [0, 0.05) is 55.7 Å². The molecule has 68 heavy (non-hydrogen) atoms. The van der Waals surface area contributed by atoms with E-state index in [1.807, 2.05) is 24.4 Å². The predicted octanol–water partition coefficient (Wildman–Crippen LogP) is 16.5. The molecule has 9 rings (SSSR count). The van der Waals surface area contributed by atoms with Gasteiger partial charge in [-0.2, -0.15) is 18.8 Å². The second kappa shape index (κ2) is 18.7. The maximum absolute atomic E-state index is 6.60. The van der Waals surface area contributed by atoms with E-state index in [1.54, 1.807) is 0 Å². The van der Waals surface area contributed by atoms with Crippen LogP contribution in [0.15, 0.2) is 134 Å². The largest absolute Gasteiger partial charge is 0.509 e. The van der Waals surface area contributed by atoms with Gasteiger partial charge in [0.1, 0.15) is 5.82 Å². The molecule has 0 unspecified atom stereocenters. The van der Waals surface area contributed by atoms with Crippen molar-refractivity contribution in [2.75, 3.05) is 16.3 Å². The van der Waals surface area contributed by atoms with E-state index in [0.29, 0.717) is 11.5 Å². The molecule has 0 N–H and O–H groups in total. The molecule has 0 saturated heterocycles. The third-order valence-electron chi connectivity index (χ3n) is 13.4. The number of rotatable bonds is 10. The number of hydrogen-bond acceptors (Lipinski definition) is 4. The minimum Gasteiger partial charge on any atom is -0.509 e. The summed E-state index contributed by atoms with van der Waals surface area (Å²) in [5, 5.41) is 2.26. The number of unbranched alkanes of at least 4 members (excludes halogenated alkanes) is 1. The van der Waals surface area contributed by atoms with E-state index < -0.39 is 0 Å². The fourth-order valence-corrected chi connectivity index (χ4v) is 9.25. The van der Waals surface area contributed by atoms with E-state index in [0.717, 1.165) is 64.8 Å². The van der Waals surface area contributed by atoms with Crippen molar-refractivity contribution >= 4 is 38.9 Å². The quantitative estimate of drug-likeness (QED) is 0.101. The molecule has 6 aromatic carbocycles. The molecule has 354 valence electrons. The maximum atomic E-state index is 6.60. The number of ether oxygens (including phenoxy) is 1. The number of aromatic nitrogens is 2. The minimum atomic E-state index is -0.0133. The van der Waals surface area contributed by atoms with Gasteiger partial charge in [-0.3, -0.25) is 0 Å². The zero-order chi connectivity index (χ0) is 47.5. The van der Waals surface area contributed by atoms with Crippen molar-refractivity contribution in [1.82, 2.24) is 9.55 Å². The molecule has 0 saturated carbocycles. The van der Waals surface area contributed by atoms with Crippen LogP contribution in [0.1, 0.15) is 124 Å². The van der Waals surface area contributed by atoms with Crippen LogP contribution in [0, 0.1) is 18.8 Å². The van der Waals surface area contributed by atoms with Gasteiger partial charge in [-0.25, -0.2) is 4.98 Å². The van der Waals surface area contributed by atoms with E-state index in [4.69, 9.17) is 9.72 Å². The first kappa shape index (κ1) is 48.8. The smallest absolute Gasteiger partial charge is 0.135 e. The van der Waals surface area contributed by atoms with Crippen LogP contribution in [0.4, 0.5) is 17.1 Å². The normalized spacial score (nSPS) is 13.3. The van der Waals surface area contributed by atoms with Gasteiger partial charge in [0.25, 0.3) is 0 Å². The Morgan fingerprint density at radius 3 is 1.91 bits per heavy atom. The van der Waals surface area contributed by atoms with Crippen molar-refractivity contribution < 1.29 is 25.8 Å². The molecule has 2 aromatic heterocycles. The summed E-state index contributed by atoms with van der Waals surface area (Å²) in [5.41, 5.74) is 14.9. The molecule has 5 nitrogen and oxygen atoms in total. The van der Waals surface area contributed by atoms with E-state index >= 15 is 0 Å². The average Bonchev–Trinajstić information content (AvgIpc) is 3.82. The molecule has 0 bridgehead atoms. The van der Waals surface area contributed by atoms with Gasteiger partial charge in [0.05, 0.1) is 0 Å². The van der Waals surface area contributed by atoms with Crippen LogP contribution < -0.4 is 14.5 Å². The van der Waals surface area contributed by atoms with Gasteiger partial charge in [-0.15, -0.1) is 41.4 Å². The Morgan fingerprint density at radius 1 is 0.559 bits per heavy atom. The van der Waals surface area contributed by atoms with Gasteiger partial charge >= 0.3 is 0 Å². The van der Waals surface area contributed by atoms with Crippen LogP contribution in [0.25, 0.3) is 38.8 Å².